The van der Waals surface area contributed by atoms with Gasteiger partial charge in [-0.1, -0.05) is 0 Å². The third-order valence-electron chi connectivity index (χ3n) is 3.89. The number of hydrogen-bond acceptors (Lipinski definition) is 4. The summed E-state index contributed by atoms with van der Waals surface area (Å²) in [5.41, 5.74) is 1.09. The van der Waals surface area contributed by atoms with Gasteiger partial charge in [-0.3, -0.25) is 0 Å². The van der Waals surface area contributed by atoms with Gasteiger partial charge >= 0.3 is 0 Å². The number of likely N-dealkylation sites (N-methyl/N-ethyl adjacent to an activating group) is 1. The molecule has 2 aromatic heterocycles. The summed E-state index contributed by atoms with van der Waals surface area (Å²) < 4.78 is 53.4. The van der Waals surface area contributed by atoms with Crippen molar-refractivity contribution in [1.82, 2.24) is 13.9 Å². The molecule has 0 aliphatic carbocycles. The van der Waals surface area contributed by atoms with Crippen LogP contribution in [-0.2, 0) is 16.4 Å². The Morgan fingerprint density at radius 1 is 1.16 bits per heavy atom. The fourth-order valence-electron chi connectivity index (χ4n) is 2.57. The molecule has 0 aliphatic rings. The molecule has 5 nitrogen and oxygen atoms in total. The summed E-state index contributed by atoms with van der Waals surface area (Å²) in [5, 5.41) is 0.718. The smallest absolute Gasteiger partial charge is 0.269 e. The molecule has 0 spiro atoms. The average molecular weight is 365 g/mol. The van der Waals surface area contributed by atoms with Crippen molar-refractivity contribution in [2.45, 2.75) is 11.3 Å². The van der Waals surface area contributed by atoms with Crippen molar-refractivity contribution < 1.29 is 17.2 Å². The van der Waals surface area contributed by atoms with Crippen molar-refractivity contribution in [2.24, 2.45) is 0 Å². The van der Waals surface area contributed by atoms with Crippen molar-refractivity contribution in [3.8, 4) is 0 Å². The molecule has 3 rings (SSSR count). The number of pyridine rings is 1. The van der Waals surface area contributed by atoms with Gasteiger partial charge in [0.1, 0.15) is 0 Å². The zero-order valence-corrected chi connectivity index (χ0v) is 14.6. The second-order valence-corrected chi connectivity index (χ2v) is 7.77. The van der Waals surface area contributed by atoms with E-state index in [4.69, 9.17) is 0 Å². The maximum atomic E-state index is 13.5. The number of nitrogens with zero attached hydrogens (tertiary/aromatic N) is 3. The fourth-order valence-corrected chi connectivity index (χ4v) is 3.93. The molecule has 0 fully saturated rings. The molecule has 8 heteroatoms. The monoisotopic (exact) mass is 365 g/mol. The summed E-state index contributed by atoms with van der Waals surface area (Å²) in [4.78, 5) is 5.83. The molecule has 0 N–H and O–H groups in total. The Hall–Kier alpha value is -2.32. The molecule has 0 saturated carbocycles. The molecule has 132 valence electrons. The first-order valence-electron chi connectivity index (χ1n) is 7.61. The van der Waals surface area contributed by atoms with Crippen molar-refractivity contribution in [3.63, 3.8) is 0 Å². The van der Waals surface area contributed by atoms with E-state index in [1.807, 2.05) is 19.0 Å². The van der Waals surface area contributed by atoms with E-state index < -0.39 is 21.7 Å². The molecule has 0 bridgehead atoms. The first-order valence-corrected chi connectivity index (χ1v) is 9.05. The van der Waals surface area contributed by atoms with Gasteiger partial charge in [-0.05, 0) is 56.4 Å². The summed E-state index contributed by atoms with van der Waals surface area (Å²) in [6.45, 7) is 0.735. The van der Waals surface area contributed by atoms with Crippen LogP contribution in [0, 0.1) is 11.6 Å². The summed E-state index contributed by atoms with van der Waals surface area (Å²) in [6, 6.07) is 6.05. The van der Waals surface area contributed by atoms with Crippen LogP contribution in [0.3, 0.4) is 0 Å². The van der Waals surface area contributed by atoms with E-state index in [2.05, 4.69) is 4.98 Å². The summed E-state index contributed by atoms with van der Waals surface area (Å²) in [5.74, 6) is -2.31. The Labute approximate surface area is 144 Å². The second kappa shape index (κ2) is 6.53. The maximum absolute atomic E-state index is 13.5. The van der Waals surface area contributed by atoms with Crippen LogP contribution in [0.25, 0.3) is 11.0 Å². The van der Waals surface area contributed by atoms with Crippen LogP contribution >= 0.6 is 0 Å². The first kappa shape index (κ1) is 17.5. The predicted octanol–water partition coefficient (Wildman–Crippen LogP) is 2.66. The van der Waals surface area contributed by atoms with Crippen molar-refractivity contribution >= 4 is 21.1 Å². The quantitative estimate of drug-likeness (QED) is 0.698. The zero-order chi connectivity index (χ0) is 18.2. The summed E-state index contributed by atoms with van der Waals surface area (Å²) >= 11 is 0. The third kappa shape index (κ3) is 3.27. The van der Waals surface area contributed by atoms with E-state index in [1.54, 1.807) is 12.1 Å². The molecule has 0 saturated heterocycles. The van der Waals surface area contributed by atoms with E-state index in [9.17, 15) is 17.2 Å². The topological polar surface area (TPSA) is 55.2 Å². The van der Waals surface area contributed by atoms with Crippen LogP contribution < -0.4 is 0 Å². The Morgan fingerprint density at radius 2 is 1.92 bits per heavy atom. The van der Waals surface area contributed by atoms with Crippen LogP contribution in [0.1, 0.15) is 5.56 Å². The lowest BCUT2D eigenvalue weighted by atomic mass is 10.1. The minimum atomic E-state index is -4.09. The second-order valence-electron chi connectivity index (χ2n) is 5.96. The molecule has 0 unspecified atom stereocenters. The van der Waals surface area contributed by atoms with Crippen LogP contribution in [0.5, 0.6) is 0 Å². The number of halogens is 2. The van der Waals surface area contributed by atoms with Crippen LogP contribution in [0.15, 0.2) is 47.6 Å². The lowest BCUT2D eigenvalue weighted by Crippen LogP contribution is -2.15. The SMILES string of the molecule is CN(C)CCc1cn(S(=O)(=O)c2ccc(F)c(F)c2)c2ncccc12. The largest absolute Gasteiger partial charge is 0.309 e. The Kier molecular flexibility index (Phi) is 4.57. The maximum Gasteiger partial charge on any atom is 0.269 e. The Balaban J connectivity index is 2.15. The minimum absolute atomic E-state index is 0.265. The van der Waals surface area contributed by atoms with Crippen molar-refractivity contribution in [1.29, 1.82) is 0 Å². The fraction of sp³-hybridized carbons (Fsp3) is 0.235. The van der Waals surface area contributed by atoms with Gasteiger partial charge in [-0.25, -0.2) is 26.2 Å². The van der Waals surface area contributed by atoms with Crippen LogP contribution in [0.4, 0.5) is 8.78 Å². The van der Waals surface area contributed by atoms with Gasteiger partial charge in [-0.2, -0.15) is 0 Å². The minimum Gasteiger partial charge on any atom is -0.309 e. The first-order chi connectivity index (χ1) is 11.8. The highest BCUT2D eigenvalue weighted by atomic mass is 32.2. The highest BCUT2D eigenvalue weighted by molar-refractivity contribution is 7.90. The van der Waals surface area contributed by atoms with Gasteiger partial charge < -0.3 is 4.90 Å². The number of rotatable bonds is 5. The molecule has 0 atom stereocenters. The predicted molar refractivity (Wildman–Crippen MR) is 90.9 cm³/mol. The van der Waals surface area contributed by atoms with Gasteiger partial charge in [0, 0.05) is 24.3 Å². The number of hydrogen-bond donors (Lipinski definition) is 0. The molecule has 3 aromatic rings. The molecule has 1 aromatic carbocycles. The van der Waals surface area contributed by atoms with E-state index in [0.717, 1.165) is 33.6 Å². The Morgan fingerprint density at radius 3 is 2.60 bits per heavy atom. The third-order valence-corrected chi connectivity index (χ3v) is 5.54. The lowest BCUT2D eigenvalue weighted by molar-refractivity contribution is 0.414. The summed E-state index contributed by atoms with van der Waals surface area (Å²) in [6.07, 6.45) is 3.63. The normalized spacial score (nSPS) is 12.2. The van der Waals surface area contributed by atoms with Gasteiger partial charge in [0.05, 0.1) is 4.90 Å². The van der Waals surface area contributed by atoms with Gasteiger partial charge in [0.25, 0.3) is 10.0 Å². The molecule has 25 heavy (non-hydrogen) atoms. The average Bonchev–Trinajstić information content (AvgIpc) is 2.95. The molecule has 0 radical (unpaired) electrons. The van der Waals surface area contributed by atoms with Crippen molar-refractivity contribution in [3.05, 3.63) is 59.9 Å². The van der Waals surface area contributed by atoms with Gasteiger partial charge in [0.15, 0.2) is 17.3 Å². The standard InChI is InChI=1S/C17H17F2N3O2S/c1-21(2)9-7-12-11-22(17-14(12)4-3-8-20-17)25(23,24)13-5-6-15(18)16(19)10-13/h3-6,8,10-11H,7,9H2,1-2H3. The molecule has 2 heterocycles. The van der Waals surface area contributed by atoms with E-state index in [-0.39, 0.29) is 10.5 Å². The van der Waals surface area contributed by atoms with Crippen LogP contribution in [0.2, 0.25) is 0 Å². The molecule has 0 aliphatic heterocycles. The number of aromatic nitrogens is 2. The van der Waals surface area contributed by atoms with E-state index in [0.29, 0.717) is 12.5 Å². The molecular weight excluding hydrogens is 348 g/mol. The van der Waals surface area contributed by atoms with Gasteiger partial charge in [-0.15, -0.1) is 0 Å². The van der Waals surface area contributed by atoms with Crippen molar-refractivity contribution in [2.75, 3.05) is 20.6 Å². The zero-order valence-electron chi connectivity index (χ0n) is 13.8. The van der Waals surface area contributed by atoms with E-state index >= 15 is 0 Å². The van der Waals surface area contributed by atoms with Crippen LogP contribution in [-0.4, -0.2) is 42.9 Å². The highest BCUT2D eigenvalue weighted by Crippen LogP contribution is 2.25. The summed E-state index contributed by atoms with van der Waals surface area (Å²) in [7, 11) is -0.237. The highest BCUT2D eigenvalue weighted by Gasteiger charge is 2.23. The molecule has 0 amide bonds. The molecular formula is C17H17F2N3O2S. The number of benzene rings is 1. The Bertz CT molecular complexity index is 1030. The number of fused-ring (bicyclic) bond motifs is 1. The lowest BCUT2D eigenvalue weighted by Gasteiger charge is -2.08. The van der Waals surface area contributed by atoms with E-state index in [1.165, 1.54) is 12.4 Å². The van der Waals surface area contributed by atoms with Gasteiger partial charge in [0.2, 0.25) is 0 Å².